The lowest BCUT2D eigenvalue weighted by Crippen LogP contribution is -2.43. The molecule has 0 bridgehead atoms. The van der Waals surface area contributed by atoms with Crippen LogP contribution in [0.3, 0.4) is 0 Å². The molecule has 1 heterocycles. The first-order valence-electron chi connectivity index (χ1n) is 5.28. The first kappa shape index (κ1) is 11.9. The molecule has 0 radical (unpaired) electrons. The van der Waals surface area contributed by atoms with E-state index in [-0.39, 0.29) is 11.9 Å². The van der Waals surface area contributed by atoms with Gasteiger partial charge < -0.3 is 10.6 Å². The Morgan fingerprint density at radius 2 is 2.43 bits per heavy atom. The summed E-state index contributed by atoms with van der Waals surface area (Å²) < 4.78 is 0. The van der Waals surface area contributed by atoms with E-state index < -0.39 is 0 Å². The van der Waals surface area contributed by atoms with Gasteiger partial charge in [-0.1, -0.05) is 6.92 Å². The van der Waals surface area contributed by atoms with Crippen LogP contribution in [0.1, 0.15) is 26.7 Å². The van der Waals surface area contributed by atoms with Gasteiger partial charge in [0.2, 0.25) is 5.91 Å². The fourth-order valence-corrected chi connectivity index (χ4v) is 2.78. The summed E-state index contributed by atoms with van der Waals surface area (Å²) in [6.45, 7) is 5.87. The van der Waals surface area contributed by atoms with E-state index in [9.17, 15) is 4.79 Å². The molecule has 14 heavy (non-hydrogen) atoms. The quantitative estimate of drug-likeness (QED) is 0.768. The summed E-state index contributed by atoms with van der Waals surface area (Å²) in [5, 5.41) is 0.626. The van der Waals surface area contributed by atoms with Gasteiger partial charge in [0.15, 0.2) is 0 Å². The molecule has 0 spiro atoms. The third-order valence-corrected chi connectivity index (χ3v) is 3.82. The van der Waals surface area contributed by atoms with E-state index in [0.717, 1.165) is 25.3 Å². The molecule has 82 valence electrons. The van der Waals surface area contributed by atoms with E-state index in [1.165, 1.54) is 0 Å². The van der Waals surface area contributed by atoms with Gasteiger partial charge in [-0.25, -0.2) is 0 Å². The van der Waals surface area contributed by atoms with Gasteiger partial charge in [-0.05, 0) is 13.3 Å². The first-order valence-corrected chi connectivity index (χ1v) is 6.33. The number of thioether (sulfide) groups is 1. The molecule has 0 aromatic rings. The molecule has 1 rings (SSSR count). The second kappa shape index (κ2) is 5.61. The van der Waals surface area contributed by atoms with Crippen molar-refractivity contribution in [1.82, 2.24) is 4.90 Å². The Morgan fingerprint density at radius 3 is 3.00 bits per heavy atom. The minimum atomic E-state index is -0.0165. The molecule has 4 heteroatoms. The molecule has 1 amide bonds. The van der Waals surface area contributed by atoms with Gasteiger partial charge >= 0.3 is 0 Å². The SMILES string of the molecule is CCC1CN(C(=O)CC(C)N)CCS1. The number of carbonyl (C=O) groups is 1. The first-order chi connectivity index (χ1) is 6.63. The zero-order chi connectivity index (χ0) is 10.6. The fourth-order valence-electron chi connectivity index (χ4n) is 1.60. The second-order valence-electron chi connectivity index (χ2n) is 3.92. The number of carbonyl (C=O) groups excluding carboxylic acids is 1. The third kappa shape index (κ3) is 3.50. The van der Waals surface area contributed by atoms with Gasteiger partial charge in [0, 0.05) is 36.6 Å². The van der Waals surface area contributed by atoms with E-state index in [1.807, 2.05) is 23.6 Å². The highest BCUT2D eigenvalue weighted by molar-refractivity contribution is 8.00. The zero-order valence-corrected chi connectivity index (χ0v) is 9.85. The van der Waals surface area contributed by atoms with Crippen LogP contribution in [0.2, 0.25) is 0 Å². The van der Waals surface area contributed by atoms with Crippen LogP contribution >= 0.6 is 11.8 Å². The fraction of sp³-hybridized carbons (Fsp3) is 0.900. The molecule has 0 aliphatic carbocycles. The van der Waals surface area contributed by atoms with Gasteiger partial charge in [-0.15, -0.1) is 0 Å². The standard InChI is InChI=1S/C10H20N2OS/c1-3-9-7-12(4-5-14-9)10(13)6-8(2)11/h8-9H,3-7,11H2,1-2H3. The lowest BCUT2D eigenvalue weighted by Gasteiger charge is -2.32. The Labute approximate surface area is 90.4 Å². The summed E-state index contributed by atoms with van der Waals surface area (Å²) in [6.07, 6.45) is 1.63. The monoisotopic (exact) mass is 216 g/mol. The molecule has 0 aromatic heterocycles. The summed E-state index contributed by atoms with van der Waals surface area (Å²) >= 11 is 1.98. The van der Waals surface area contributed by atoms with Crippen LogP contribution in [0.5, 0.6) is 0 Å². The third-order valence-electron chi connectivity index (χ3n) is 2.44. The maximum atomic E-state index is 11.7. The Bertz CT molecular complexity index is 197. The molecule has 0 aromatic carbocycles. The molecular weight excluding hydrogens is 196 g/mol. The highest BCUT2D eigenvalue weighted by atomic mass is 32.2. The minimum absolute atomic E-state index is 0.0165. The number of hydrogen-bond acceptors (Lipinski definition) is 3. The van der Waals surface area contributed by atoms with Crippen LogP contribution < -0.4 is 5.73 Å². The Hall–Kier alpha value is -0.220. The van der Waals surface area contributed by atoms with Crippen LogP contribution in [0.25, 0.3) is 0 Å². The number of nitrogens with zero attached hydrogens (tertiary/aromatic N) is 1. The van der Waals surface area contributed by atoms with Crippen LogP contribution in [0.15, 0.2) is 0 Å². The van der Waals surface area contributed by atoms with Crippen molar-refractivity contribution in [2.24, 2.45) is 5.73 Å². The lowest BCUT2D eigenvalue weighted by atomic mass is 10.2. The Balaban J connectivity index is 2.39. The van der Waals surface area contributed by atoms with Crippen molar-refractivity contribution in [2.75, 3.05) is 18.8 Å². The molecule has 1 fully saturated rings. The average Bonchev–Trinajstić information content (AvgIpc) is 2.17. The minimum Gasteiger partial charge on any atom is -0.341 e. The van der Waals surface area contributed by atoms with E-state index in [4.69, 9.17) is 5.73 Å². The van der Waals surface area contributed by atoms with Crippen molar-refractivity contribution in [3.63, 3.8) is 0 Å². The van der Waals surface area contributed by atoms with Crippen molar-refractivity contribution >= 4 is 17.7 Å². The molecule has 1 saturated heterocycles. The Morgan fingerprint density at radius 1 is 1.71 bits per heavy atom. The van der Waals surface area contributed by atoms with Crippen molar-refractivity contribution in [3.8, 4) is 0 Å². The van der Waals surface area contributed by atoms with E-state index in [2.05, 4.69) is 6.92 Å². The predicted molar refractivity (Wildman–Crippen MR) is 61.4 cm³/mol. The van der Waals surface area contributed by atoms with Gasteiger partial charge in [0.1, 0.15) is 0 Å². The van der Waals surface area contributed by atoms with E-state index >= 15 is 0 Å². The molecule has 2 atom stereocenters. The molecular formula is C10H20N2OS. The van der Waals surface area contributed by atoms with Crippen LogP contribution in [0.4, 0.5) is 0 Å². The molecule has 2 N–H and O–H groups in total. The summed E-state index contributed by atoms with van der Waals surface area (Å²) in [7, 11) is 0. The molecule has 1 aliphatic rings. The van der Waals surface area contributed by atoms with Gasteiger partial charge in [-0.3, -0.25) is 4.79 Å². The van der Waals surface area contributed by atoms with Crippen LogP contribution in [0, 0.1) is 0 Å². The zero-order valence-electron chi connectivity index (χ0n) is 9.03. The summed E-state index contributed by atoms with van der Waals surface area (Å²) in [4.78, 5) is 13.7. The van der Waals surface area contributed by atoms with Crippen molar-refractivity contribution < 1.29 is 4.79 Å². The largest absolute Gasteiger partial charge is 0.341 e. The summed E-state index contributed by atoms with van der Waals surface area (Å²) in [5.74, 6) is 1.29. The number of amides is 1. The predicted octanol–water partition coefficient (Wildman–Crippen LogP) is 1.08. The summed E-state index contributed by atoms with van der Waals surface area (Å²) in [5.41, 5.74) is 5.61. The molecule has 2 unspecified atom stereocenters. The molecule has 0 saturated carbocycles. The highest BCUT2D eigenvalue weighted by Crippen LogP contribution is 2.21. The van der Waals surface area contributed by atoms with Gasteiger partial charge in [0.05, 0.1) is 0 Å². The van der Waals surface area contributed by atoms with Gasteiger partial charge in [-0.2, -0.15) is 11.8 Å². The Kier molecular flexibility index (Phi) is 4.75. The second-order valence-corrected chi connectivity index (χ2v) is 5.33. The summed E-state index contributed by atoms with van der Waals surface area (Å²) in [6, 6.07) is -0.0165. The maximum absolute atomic E-state index is 11.7. The van der Waals surface area contributed by atoms with Crippen molar-refractivity contribution in [3.05, 3.63) is 0 Å². The van der Waals surface area contributed by atoms with E-state index in [1.54, 1.807) is 0 Å². The smallest absolute Gasteiger partial charge is 0.224 e. The van der Waals surface area contributed by atoms with Gasteiger partial charge in [0.25, 0.3) is 0 Å². The van der Waals surface area contributed by atoms with Crippen LogP contribution in [-0.4, -0.2) is 40.9 Å². The molecule has 1 aliphatic heterocycles. The number of rotatable bonds is 3. The molecule has 3 nitrogen and oxygen atoms in total. The topological polar surface area (TPSA) is 46.3 Å². The maximum Gasteiger partial charge on any atom is 0.224 e. The highest BCUT2D eigenvalue weighted by Gasteiger charge is 2.22. The van der Waals surface area contributed by atoms with E-state index in [0.29, 0.717) is 11.7 Å². The number of nitrogens with two attached hydrogens (primary N) is 1. The normalized spacial score (nSPS) is 24.8. The van der Waals surface area contributed by atoms with Crippen molar-refractivity contribution in [1.29, 1.82) is 0 Å². The number of hydrogen-bond donors (Lipinski definition) is 1. The average molecular weight is 216 g/mol. The van der Waals surface area contributed by atoms with Crippen molar-refractivity contribution in [2.45, 2.75) is 38.0 Å². The lowest BCUT2D eigenvalue weighted by molar-refractivity contribution is -0.131. The van der Waals surface area contributed by atoms with Crippen LogP contribution in [-0.2, 0) is 4.79 Å².